The molecule has 3 heterocycles. The highest BCUT2D eigenvalue weighted by atomic mass is 32.1. The van der Waals surface area contributed by atoms with E-state index in [0.717, 1.165) is 27.9 Å². The van der Waals surface area contributed by atoms with Crippen LogP contribution in [0.5, 0.6) is 0 Å². The fourth-order valence-electron chi connectivity index (χ4n) is 3.44. The van der Waals surface area contributed by atoms with Crippen molar-refractivity contribution < 1.29 is 0 Å². The molecule has 1 aliphatic carbocycles. The zero-order valence-corrected chi connectivity index (χ0v) is 15.3. The van der Waals surface area contributed by atoms with Crippen LogP contribution in [0.15, 0.2) is 43.1 Å². The number of nitrogens with two attached hydrogens (primary N) is 1. The highest BCUT2D eigenvalue weighted by Crippen LogP contribution is 2.35. The zero-order chi connectivity index (χ0) is 17.8. The van der Waals surface area contributed by atoms with Gasteiger partial charge in [0.15, 0.2) is 5.13 Å². The molecule has 4 rings (SSSR count). The molecule has 3 aromatic heterocycles. The standard InChI is InChI=1S/C19H22N6S/c20-8-13-4-6-14(7-5-13)16-2-1-3-18(24-16)25-19-23-11-17(26-19)15-9-21-12-22-10-15/h1-3,9-14H,4-8,20H2,(H,23,24,25). The van der Waals surface area contributed by atoms with E-state index in [1.807, 2.05) is 12.3 Å². The maximum Gasteiger partial charge on any atom is 0.188 e. The molecule has 6 nitrogen and oxygen atoms in total. The fraction of sp³-hybridized carbons (Fsp3) is 0.368. The summed E-state index contributed by atoms with van der Waals surface area (Å²) >= 11 is 1.57. The van der Waals surface area contributed by atoms with E-state index in [1.165, 1.54) is 37.7 Å². The van der Waals surface area contributed by atoms with Gasteiger partial charge >= 0.3 is 0 Å². The smallest absolute Gasteiger partial charge is 0.188 e. The molecule has 134 valence electrons. The molecule has 3 N–H and O–H groups in total. The van der Waals surface area contributed by atoms with Gasteiger partial charge in [-0.05, 0) is 50.3 Å². The molecule has 26 heavy (non-hydrogen) atoms. The van der Waals surface area contributed by atoms with Crippen LogP contribution in [0.2, 0.25) is 0 Å². The Morgan fingerprint density at radius 3 is 2.65 bits per heavy atom. The molecule has 0 unspecified atom stereocenters. The molecule has 0 amide bonds. The first kappa shape index (κ1) is 17.1. The van der Waals surface area contributed by atoms with E-state index in [0.29, 0.717) is 11.8 Å². The van der Waals surface area contributed by atoms with Crippen molar-refractivity contribution in [2.75, 3.05) is 11.9 Å². The first-order valence-corrected chi connectivity index (χ1v) is 9.78. The van der Waals surface area contributed by atoms with Crippen LogP contribution in [0.25, 0.3) is 10.4 Å². The Kier molecular flexibility index (Phi) is 5.17. The normalized spacial score (nSPS) is 20.0. The van der Waals surface area contributed by atoms with E-state index in [9.17, 15) is 0 Å². The lowest BCUT2D eigenvalue weighted by atomic mass is 9.80. The van der Waals surface area contributed by atoms with Crippen LogP contribution in [0, 0.1) is 5.92 Å². The molecular weight excluding hydrogens is 344 g/mol. The second-order valence-electron chi connectivity index (χ2n) is 6.68. The number of pyridine rings is 1. The minimum absolute atomic E-state index is 0.535. The number of hydrogen-bond acceptors (Lipinski definition) is 7. The zero-order valence-electron chi connectivity index (χ0n) is 14.5. The van der Waals surface area contributed by atoms with Crippen LogP contribution in [-0.4, -0.2) is 26.5 Å². The van der Waals surface area contributed by atoms with Gasteiger partial charge in [0.2, 0.25) is 0 Å². The summed E-state index contributed by atoms with van der Waals surface area (Å²) in [5.41, 5.74) is 7.94. The van der Waals surface area contributed by atoms with Crippen LogP contribution in [0.4, 0.5) is 10.9 Å². The summed E-state index contributed by atoms with van der Waals surface area (Å²) in [6, 6.07) is 6.19. The molecule has 0 aromatic carbocycles. The first-order valence-electron chi connectivity index (χ1n) is 8.97. The number of anilines is 2. The molecule has 0 saturated heterocycles. The van der Waals surface area contributed by atoms with Gasteiger partial charge < -0.3 is 11.1 Å². The topological polar surface area (TPSA) is 89.6 Å². The number of nitrogens with zero attached hydrogens (tertiary/aromatic N) is 4. The van der Waals surface area contributed by atoms with Gasteiger partial charge in [-0.25, -0.2) is 19.9 Å². The maximum absolute atomic E-state index is 5.80. The predicted molar refractivity (Wildman–Crippen MR) is 104 cm³/mol. The molecular formula is C19H22N6S. The van der Waals surface area contributed by atoms with Crippen molar-refractivity contribution in [3.63, 3.8) is 0 Å². The van der Waals surface area contributed by atoms with Crippen LogP contribution in [0.1, 0.15) is 37.3 Å². The van der Waals surface area contributed by atoms with Gasteiger partial charge in [-0.3, -0.25) is 0 Å². The summed E-state index contributed by atoms with van der Waals surface area (Å²) < 4.78 is 0. The molecule has 3 aromatic rings. The van der Waals surface area contributed by atoms with Gasteiger partial charge in [0.05, 0.1) is 4.88 Å². The summed E-state index contributed by atoms with van der Waals surface area (Å²) in [6.45, 7) is 0.806. The molecule has 1 fully saturated rings. The number of hydrogen-bond donors (Lipinski definition) is 2. The Balaban J connectivity index is 1.45. The molecule has 0 aliphatic heterocycles. The van der Waals surface area contributed by atoms with Crippen LogP contribution >= 0.6 is 11.3 Å². The average molecular weight is 366 g/mol. The van der Waals surface area contributed by atoms with Crippen LogP contribution < -0.4 is 11.1 Å². The average Bonchev–Trinajstić information content (AvgIpc) is 3.17. The second-order valence-corrected chi connectivity index (χ2v) is 7.71. The summed E-state index contributed by atoms with van der Waals surface area (Å²) in [5.74, 6) is 2.06. The van der Waals surface area contributed by atoms with Gasteiger partial charge in [0.25, 0.3) is 0 Å². The van der Waals surface area contributed by atoms with Crippen molar-refractivity contribution in [2.45, 2.75) is 31.6 Å². The Morgan fingerprint density at radius 2 is 1.88 bits per heavy atom. The van der Waals surface area contributed by atoms with E-state index in [4.69, 9.17) is 10.7 Å². The van der Waals surface area contributed by atoms with Gasteiger partial charge in [-0.1, -0.05) is 17.4 Å². The maximum atomic E-state index is 5.80. The second kappa shape index (κ2) is 7.88. The molecule has 0 radical (unpaired) electrons. The molecule has 0 spiro atoms. The van der Waals surface area contributed by atoms with Crippen molar-refractivity contribution >= 4 is 22.3 Å². The van der Waals surface area contributed by atoms with Crippen LogP contribution in [0.3, 0.4) is 0 Å². The van der Waals surface area contributed by atoms with Gasteiger partial charge in [0.1, 0.15) is 12.1 Å². The number of aromatic nitrogens is 4. The lowest BCUT2D eigenvalue weighted by molar-refractivity contribution is 0.329. The lowest BCUT2D eigenvalue weighted by Gasteiger charge is -2.27. The van der Waals surface area contributed by atoms with E-state index >= 15 is 0 Å². The van der Waals surface area contributed by atoms with Crippen molar-refractivity contribution in [1.82, 2.24) is 19.9 Å². The van der Waals surface area contributed by atoms with Gasteiger partial charge in [-0.15, -0.1) is 0 Å². The van der Waals surface area contributed by atoms with E-state index in [2.05, 4.69) is 32.4 Å². The summed E-state index contributed by atoms with van der Waals surface area (Å²) in [4.78, 5) is 18.4. The Morgan fingerprint density at radius 1 is 1.08 bits per heavy atom. The predicted octanol–water partition coefficient (Wildman–Crippen LogP) is 3.97. The van der Waals surface area contributed by atoms with Crippen molar-refractivity contribution in [2.24, 2.45) is 11.7 Å². The summed E-state index contributed by atoms with van der Waals surface area (Å²) in [6.07, 6.45) is 11.7. The fourth-order valence-corrected chi connectivity index (χ4v) is 4.24. The van der Waals surface area contributed by atoms with E-state index < -0.39 is 0 Å². The SMILES string of the molecule is NCC1CCC(c2cccc(Nc3ncc(-c4cncnc4)s3)n2)CC1. The Bertz CT molecular complexity index is 842. The third-order valence-corrected chi connectivity index (χ3v) is 5.92. The molecule has 0 bridgehead atoms. The van der Waals surface area contributed by atoms with Gasteiger partial charge in [-0.2, -0.15) is 0 Å². The highest BCUT2D eigenvalue weighted by Gasteiger charge is 2.22. The van der Waals surface area contributed by atoms with E-state index in [-0.39, 0.29) is 0 Å². The lowest BCUT2D eigenvalue weighted by Crippen LogP contribution is -2.21. The largest absolute Gasteiger partial charge is 0.330 e. The number of nitrogens with one attached hydrogen (secondary N) is 1. The Labute approximate surface area is 157 Å². The molecule has 0 atom stereocenters. The summed E-state index contributed by atoms with van der Waals surface area (Å²) in [5, 5.41) is 4.15. The molecule has 7 heteroatoms. The minimum Gasteiger partial charge on any atom is -0.330 e. The van der Waals surface area contributed by atoms with E-state index in [1.54, 1.807) is 23.7 Å². The van der Waals surface area contributed by atoms with Crippen LogP contribution in [-0.2, 0) is 0 Å². The first-order chi connectivity index (χ1) is 12.8. The highest BCUT2D eigenvalue weighted by molar-refractivity contribution is 7.18. The summed E-state index contributed by atoms with van der Waals surface area (Å²) in [7, 11) is 0. The number of rotatable bonds is 5. The monoisotopic (exact) mass is 366 g/mol. The van der Waals surface area contributed by atoms with Crippen molar-refractivity contribution in [1.29, 1.82) is 0 Å². The number of thiazole rings is 1. The molecule has 1 saturated carbocycles. The van der Waals surface area contributed by atoms with Crippen molar-refractivity contribution in [3.8, 4) is 10.4 Å². The third-order valence-electron chi connectivity index (χ3n) is 4.95. The Hall–Kier alpha value is -2.38. The minimum atomic E-state index is 0.535. The van der Waals surface area contributed by atoms with Gasteiger partial charge in [0, 0.05) is 35.8 Å². The molecule has 1 aliphatic rings. The van der Waals surface area contributed by atoms with Crippen molar-refractivity contribution in [3.05, 3.63) is 48.8 Å². The third kappa shape index (κ3) is 3.89. The quantitative estimate of drug-likeness (QED) is 0.710.